The van der Waals surface area contributed by atoms with Crippen LogP contribution in [0.3, 0.4) is 0 Å². The third-order valence-corrected chi connectivity index (χ3v) is 5.74. The highest BCUT2D eigenvalue weighted by molar-refractivity contribution is 7.88. The van der Waals surface area contributed by atoms with Crippen LogP contribution in [0, 0.1) is 5.92 Å². The molecule has 1 aromatic rings. The van der Waals surface area contributed by atoms with E-state index in [1.807, 2.05) is 6.07 Å². The molecule has 138 valence electrons. The SMILES string of the molecule is CS(=O)(=O)N1CCCC(CN(CCN)CCc2ccccc2)C1.Cl. The lowest BCUT2D eigenvalue weighted by Crippen LogP contribution is -2.44. The Morgan fingerprint density at radius 1 is 1.25 bits per heavy atom. The summed E-state index contributed by atoms with van der Waals surface area (Å²) >= 11 is 0. The average molecular weight is 376 g/mol. The molecule has 0 bridgehead atoms. The van der Waals surface area contributed by atoms with Crippen molar-refractivity contribution >= 4 is 22.4 Å². The van der Waals surface area contributed by atoms with Gasteiger partial charge in [-0.2, -0.15) is 0 Å². The third kappa shape index (κ3) is 7.07. The number of benzene rings is 1. The second-order valence-electron chi connectivity index (χ2n) is 6.45. The summed E-state index contributed by atoms with van der Waals surface area (Å²) in [7, 11) is -3.07. The van der Waals surface area contributed by atoms with Crippen LogP contribution in [-0.4, -0.2) is 63.1 Å². The number of hydrogen-bond acceptors (Lipinski definition) is 4. The quantitative estimate of drug-likeness (QED) is 0.749. The van der Waals surface area contributed by atoms with E-state index in [0.29, 0.717) is 25.6 Å². The first-order valence-electron chi connectivity index (χ1n) is 8.40. The summed E-state index contributed by atoms with van der Waals surface area (Å²) in [6.45, 7) is 4.70. The van der Waals surface area contributed by atoms with Crippen molar-refractivity contribution in [3.8, 4) is 0 Å². The molecule has 0 radical (unpaired) electrons. The summed E-state index contributed by atoms with van der Waals surface area (Å²) in [6, 6.07) is 10.4. The van der Waals surface area contributed by atoms with Crippen molar-refractivity contribution in [2.45, 2.75) is 19.3 Å². The van der Waals surface area contributed by atoms with Crippen molar-refractivity contribution in [3.63, 3.8) is 0 Å². The van der Waals surface area contributed by atoms with E-state index in [9.17, 15) is 8.42 Å². The molecule has 0 saturated carbocycles. The molecule has 1 unspecified atom stereocenters. The number of piperidine rings is 1. The average Bonchev–Trinajstić information content (AvgIpc) is 2.53. The van der Waals surface area contributed by atoms with Gasteiger partial charge in [0.25, 0.3) is 0 Å². The first-order valence-corrected chi connectivity index (χ1v) is 10.3. The molecule has 0 aromatic heterocycles. The predicted molar refractivity (Wildman–Crippen MR) is 102 cm³/mol. The molecule has 7 heteroatoms. The van der Waals surface area contributed by atoms with E-state index < -0.39 is 10.0 Å². The molecule has 1 saturated heterocycles. The van der Waals surface area contributed by atoms with Gasteiger partial charge in [0.05, 0.1) is 6.26 Å². The van der Waals surface area contributed by atoms with E-state index in [-0.39, 0.29) is 12.4 Å². The minimum atomic E-state index is -3.07. The van der Waals surface area contributed by atoms with Crippen LogP contribution in [0.2, 0.25) is 0 Å². The van der Waals surface area contributed by atoms with Crippen LogP contribution in [0.15, 0.2) is 30.3 Å². The molecule has 1 aliphatic heterocycles. The number of rotatable bonds is 8. The molecule has 1 atom stereocenters. The molecule has 1 heterocycles. The van der Waals surface area contributed by atoms with Gasteiger partial charge in [-0.3, -0.25) is 0 Å². The molecule has 1 fully saturated rings. The maximum absolute atomic E-state index is 11.7. The molecule has 2 rings (SSSR count). The molecule has 5 nitrogen and oxygen atoms in total. The Morgan fingerprint density at radius 3 is 2.58 bits per heavy atom. The summed E-state index contributed by atoms with van der Waals surface area (Å²) < 4.78 is 25.1. The molecule has 24 heavy (non-hydrogen) atoms. The van der Waals surface area contributed by atoms with E-state index >= 15 is 0 Å². The van der Waals surface area contributed by atoms with Crippen molar-refractivity contribution in [2.24, 2.45) is 11.7 Å². The molecule has 0 aliphatic carbocycles. The largest absolute Gasteiger partial charge is 0.329 e. The second-order valence-corrected chi connectivity index (χ2v) is 8.44. The number of sulfonamides is 1. The van der Waals surface area contributed by atoms with E-state index in [2.05, 4.69) is 29.2 Å². The summed E-state index contributed by atoms with van der Waals surface area (Å²) in [5.41, 5.74) is 7.08. The zero-order valence-corrected chi connectivity index (χ0v) is 16.1. The van der Waals surface area contributed by atoms with E-state index in [4.69, 9.17) is 5.73 Å². The Balaban J connectivity index is 0.00000288. The Labute approximate surface area is 152 Å². The zero-order valence-electron chi connectivity index (χ0n) is 14.4. The van der Waals surface area contributed by atoms with Gasteiger partial charge in [-0.05, 0) is 30.7 Å². The van der Waals surface area contributed by atoms with Crippen molar-refractivity contribution in [2.75, 3.05) is 45.5 Å². The highest BCUT2D eigenvalue weighted by Gasteiger charge is 2.26. The van der Waals surface area contributed by atoms with Gasteiger partial charge in [0.1, 0.15) is 0 Å². The van der Waals surface area contributed by atoms with Gasteiger partial charge >= 0.3 is 0 Å². The molecule has 0 amide bonds. The van der Waals surface area contributed by atoms with E-state index in [0.717, 1.165) is 38.9 Å². The summed E-state index contributed by atoms with van der Waals surface area (Å²) in [4.78, 5) is 2.38. The van der Waals surface area contributed by atoms with Crippen molar-refractivity contribution in [1.29, 1.82) is 0 Å². The fourth-order valence-corrected chi connectivity index (χ4v) is 4.19. The lowest BCUT2D eigenvalue weighted by molar-refractivity contribution is 0.182. The van der Waals surface area contributed by atoms with Crippen LogP contribution in [0.1, 0.15) is 18.4 Å². The van der Waals surface area contributed by atoms with Crippen LogP contribution in [0.4, 0.5) is 0 Å². The van der Waals surface area contributed by atoms with Crippen LogP contribution < -0.4 is 5.73 Å². The number of halogens is 1. The van der Waals surface area contributed by atoms with E-state index in [1.165, 1.54) is 11.8 Å². The first-order chi connectivity index (χ1) is 11.0. The molecular formula is C17H30ClN3O2S. The van der Waals surface area contributed by atoms with Gasteiger partial charge in [-0.15, -0.1) is 12.4 Å². The standard InChI is InChI=1S/C17H29N3O2S.ClH/c1-23(21,22)20-11-5-8-17(15-20)14-19(13-10-18)12-9-16-6-3-2-4-7-16;/h2-4,6-7,17H,5,8-15,18H2,1H3;1H. The minimum absolute atomic E-state index is 0. The third-order valence-electron chi connectivity index (χ3n) is 4.47. The Morgan fingerprint density at radius 2 is 1.96 bits per heavy atom. The van der Waals surface area contributed by atoms with Gasteiger partial charge in [0, 0.05) is 39.3 Å². The van der Waals surface area contributed by atoms with Crippen molar-refractivity contribution in [3.05, 3.63) is 35.9 Å². The van der Waals surface area contributed by atoms with Gasteiger partial charge < -0.3 is 10.6 Å². The van der Waals surface area contributed by atoms with Gasteiger partial charge in [-0.1, -0.05) is 30.3 Å². The number of hydrogen-bond donors (Lipinski definition) is 1. The Hall–Kier alpha value is -0.660. The molecule has 2 N–H and O–H groups in total. The highest BCUT2D eigenvalue weighted by Crippen LogP contribution is 2.19. The monoisotopic (exact) mass is 375 g/mol. The van der Waals surface area contributed by atoms with Crippen molar-refractivity contribution in [1.82, 2.24) is 9.21 Å². The zero-order chi connectivity index (χ0) is 16.7. The Bertz CT molecular complexity index is 568. The van der Waals surface area contributed by atoms with Gasteiger partial charge in [0.2, 0.25) is 10.0 Å². The summed E-state index contributed by atoms with van der Waals surface area (Å²) in [5.74, 6) is 0.404. The predicted octanol–water partition coefficient (Wildman–Crippen LogP) is 1.58. The number of nitrogens with two attached hydrogens (primary N) is 1. The second kappa shape index (κ2) is 10.4. The lowest BCUT2D eigenvalue weighted by Gasteiger charge is -2.34. The molecule has 1 aliphatic rings. The van der Waals surface area contributed by atoms with Crippen LogP contribution >= 0.6 is 12.4 Å². The van der Waals surface area contributed by atoms with E-state index in [1.54, 1.807) is 4.31 Å². The van der Waals surface area contributed by atoms with Crippen molar-refractivity contribution < 1.29 is 8.42 Å². The molecular weight excluding hydrogens is 346 g/mol. The molecule has 1 aromatic carbocycles. The normalized spacial score (nSPS) is 19.2. The van der Waals surface area contributed by atoms with Gasteiger partial charge in [-0.25, -0.2) is 12.7 Å². The van der Waals surface area contributed by atoms with Crippen LogP contribution in [0.5, 0.6) is 0 Å². The number of nitrogens with zero attached hydrogens (tertiary/aromatic N) is 2. The maximum atomic E-state index is 11.7. The van der Waals surface area contributed by atoms with Crippen LogP contribution in [0.25, 0.3) is 0 Å². The summed E-state index contributed by atoms with van der Waals surface area (Å²) in [6.07, 6.45) is 4.36. The topological polar surface area (TPSA) is 66.6 Å². The lowest BCUT2D eigenvalue weighted by atomic mass is 9.98. The fourth-order valence-electron chi connectivity index (χ4n) is 3.25. The smallest absolute Gasteiger partial charge is 0.211 e. The van der Waals surface area contributed by atoms with Crippen LogP contribution in [-0.2, 0) is 16.4 Å². The maximum Gasteiger partial charge on any atom is 0.211 e. The Kier molecular flexibility index (Phi) is 9.23. The van der Waals surface area contributed by atoms with Gasteiger partial charge in [0.15, 0.2) is 0 Å². The first kappa shape index (κ1) is 21.4. The fraction of sp³-hybridized carbons (Fsp3) is 0.647. The highest BCUT2D eigenvalue weighted by atomic mass is 35.5. The molecule has 0 spiro atoms. The minimum Gasteiger partial charge on any atom is -0.329 e. The summed E-state index contributed by atoms with van der Waals surface area (Å²) in [5, 5.41) is 0.